The first-order valence-corrected chi connectivity index (χ1v) is 34.8. The Morgan fingerprint density at radius 3 is 0.740 bits per heavy atom. The second-order valence-corrected chi connectivity index (χ2v) is 23.8. The maximum absolute atomic E-state index is 12.9. The van der Waals surface area contributed by atoms with Crippen molar-refractivity contribution in [3.8, 4) is 0 Å². The molecule has 6 heteroatoms. The van der Waals surface area contributed by atoms with Crippen molar-refractivity contribution in [3.63, 3.8) is 0 Å². The molecule has 0 amide bonds. The van der Waals surface area contributed by atoms with Crippen molar-refractivity contribution < 1.29 is 28.6 Å². The predicted molar refractivity (Wildman–Crippen MR) is 335 cm³/mol. The van der Waals surface area contributed by atoms with E-state index in [1.54, 1.807) is 0 Å². The Morgan fingerprint density at radius 1 is 0.260 bits per heavy atom. The van der Waals surface area contributed by atoms with Gasteiger partial charge in [-0.05, 0) is 51.4 Å². The van der Waals surface area contributed by atoms with Gasteiger partial charge in [0.2, 0.25) is 0 Å². The molecule has 1 atom stereocenters. The van der Waals surface area contributed by atoms with Crippen LogP contribution >= 0.6 is 0 Å². The van der Waals surface area contributed by atoms with Crippen molar-refractivity contribution in [2.24, 2.45) is 0 Å². The topological polar surface area (TPSA) is 78.9 Å². The third-order valence-electron chi connectivity index (χ3n) is 16.0. The van der Waals surface area contributed by atoms with Crippen LogP contribution in [0.2, 0.25) is 0 Å². The van der Waals surface area contributed by atoms with Crippen LogP contribution in [0.25, 0.3) is 0 Å². The van der Waals surface area contributed by atoms with Gasteiger partial charge in [0.25, 0.3) is 0 Å². The smallest absolute Gasteiger partial charge is 0.306 e. The van der Waals surface area contributed by atoms with Gasteiger partial charge in [-0.1, -0.05) is 347 Å². The van der Waals surface area contributed by atoms with Crippen molar-refractivity contribution in [1.82, 2.24) is 0 Å². The van der Waals surface area contributed by atoms with E-state index in [1.165, 1.54) is 276 Å². The Morgan fingerprint density at radius 2 is 0.468 bits per heavy atom. The summed E-state index contributed by atoms with van der Waals surface area (Å²) in [7, 11) is 0. The summed E-state index contributed by atoms with van der Waals surface area (Å²) in [6.45, 7) is 6.67. The van der Waals surface area contributed by atoms with Crippen LogP contribution < -0.4 is 0 Å². The predicted octanol–water partition coefficient (Wildman–Crippen LogP) is 23.8. The summed E-state index contributed by atoms with van der Waals surface area (Å²) in [6, 6.07) is 0. The van der Waals surface area contributed by atoms with E-state index in [9.17, 15) is 14.4 Å². The molecule has 0 N–H and O–H groups in total. The van der Waals surface area contributed by atoms with Crippen LogP contribution in [-0.4, -0.2) is 37.2 Å². The number of allylic oxidation sites excluding steroid dienone is 4. The first-order valence-electron chi connectivity index (χ1n) is 34.8. The molecule has 0 aromatic heterocycles. The Hall–Kier alpha value is -2.11. The van der Waals surface area contributed by atoms with E-state index in [0.717, 1.165) is 77.0 Å². The van der Waals surface area contributed by atoms with Gasteiger partial charge in [-0.15, -0.1) is 0 Å². The van der Waals surface area contributed by atoms with E-state index in [-0.39, 0.29) is 31.1 Å². The minimum Gasteiger partial charge on any atom is -0.462 e. The van der Waals surface area contributed by atoms with Crippen LogP contribution in [0.15, 0.2) is 24.3 Å². The highest BCUT2D eigenvalue weighted by atomic mass is 16.6. The molecule has 0 aromatic rings. The summed E-state index contributed by atoms with van der Waals surface area (Å²) < 4.78 is 16.9. The lowest BCUT2D eigenvalue weighted by Gasteiger charge is -2.18. The Bertz CT molecular complexity index is 1240. The zero-order chi connectivity index (χ0) is 55.7. The van der Waals surface area contributed by atoms with Crippen LogP contribution in [0.5, 0.6) is 0 Å². The van der Waals surface area contributed by atoms with Gasteiger partial charge >= 0.3 is 17.9 Å². The van der Waals surface area contributed by atoms with Gasteiger partial charge < -0.3 is 14.2 Å². The van der Waals surface area contributed by atoms with E-state index in [4.69, 9.17) is 14.2 Å². The molecule has 0 bridgehead atoms. The lowest BCUT2D eigenvalue weighted by Crippen LogP contribution is -2.30. The first kappa shape index (κ1) is 74.9. The summed E-state index contributed by atoms with van der Waals surface area (Å²) in [5, 5.41) is 0. The van der Waals surface area contributed by atoms with Gasteiger partial charge in [0.15, 0.2) is 6.10 Å². The number of unbranched alkanes of at least 4 members (excludes halogenated alkanes) is 50. The highest BCUT2D eigenvalue weighted by molar-refractivity contribution is 5.71. The van der Waals surface area contributed by atoms with E-state index in [1.807, 2.05) is 0 Å². The van der Waals surface area contributed by atoms with Gasteiger partial charge in [-0.3, -0.25) is 14.4 Å². The molecule has 0 saturated carbocycles. The molecule has 1 unspecified atom stereocenters. The molecular formula is C71H134O6. The van der Waals surface area contributed by atoms with E-state index >= 15 is 0 Å². The van der Waals surface area contributed by atoms with Gasteiger partial charge in [0.05, 0.1) is 0 Å². The number of carbonyl (C=O) groups excluding carboxylic acids is 3. The number of rotatable bonds is 65. The minimum atomic E-state index is -0.774. The second kappa shape index (κ2) is 66.4. The quantitative estimate of drug-likeness (QED) is 0.0261. The summed E-state index contributed by atoms with van der Waals surface area (Å²) in [6.07, 6.45) is 80.8. The highest BCUT2D eigenvalue weighted by Gasteiger charge is 2.19. The fourth-order valence-electron chi connectivity index (χ4n) is 10.7. The monoisotopic (exact) mass is 1080 g/mol. The van der Waals surface area contributed by atoms with Crippen molar-refractivity contribution in [2.75, 3.05) is 13.2 Å². The number of esters is 3. The third kappa shape index (κ3) is 64.6. The zero-order valence-electron chi connectivity index (χ0n) is 52.3. The molecule has 0 aliphatic carbocycles. The normalized spacial score (nSPS) is 12.1. The van der Waals surface area contributed by atoms with Crippen molar-refractivity contribution >= 4 is 17.9 Å². The summed E-state index contributed by atoms with van der Waals surface area (Å²) >= 11 is 0. The molecular weight excluding hydrogens is 949 g/mol. The second-order valence-electron chi connectivity index (χ2n) is 23.8. The van der Waals surface area contributed by atoms with Gasteiger partial charge in [-0.25, -0.2) is 0 Å². The molecule has 77 heavy (non-hydrogen) atoms. The standard InChI is InChI=1S/C71H134O6/c1-4-7-10-13-16-19-22-25-27-28-29-30-31-32-33-34-35-36-37-38-39-40-41-42-43-45-46-49-52-55-58-61-64-70(73)76-67-68(66-75-69(72)63-60-57-54-51-48-24-21-18-15-12-9-6-3)77-71(74)65-62-59-56-53-50-47-44-26-23-20-17-14-11-8-5-2/h17,20,26,44,68H,4-16,18-19,21-25,27-43,45-67H2,1-3H3/b20-17-,44-26-. The van der Waals surface area contributed by atoms with Crippen LogP contribution in [0.1, 0.15) is 393 Å². The summed E-state index contributed by atoms with van der Waals surface area (Å²) in [4.78, 5) is 38.3. The largest absolute Gasteiger partial charge is 0.462 e. The van der Waals surface area contributed by atoms with Crippen molar-refractivity contribution in [1.29, 1.82) is 0 Å². The molecule has 0 aliphatic rings. The molecule has 0 rings (SSSR count). The SMILES string of the molecule is CCCCC/C=C\C/C=C\CCCCCCCC(=O)OC(COC(=O)CCCCCCCCCCCCCC)COC(=O)CCCCCCCCCCCCCCCCCCCCCCCCCCCCCCCCCC. The molecule has 6 nitrogen and oxygen atoms in total. The lowest BCUT2D eigenvalue weighted by atomic mass is 10.0. The average molecular weight is 1080 g/mol. The lowest BCUT2D eigenvalue weighted by molar-refractivity contribution is -0.167. The highest BCUT2D eigenvalue weighted by Crippen LogP contribution is 2.19. The number of hydrogen-bond donors (Lipinski definition) is 0. The minimum absolute atomic E-state index is 0.0712. The molecule has 0 radical (unpaired) electrons. The number of ether oxygens (including phenoxy) is 3. The van der Waals surface area contributed by atoms with Gasteiger partial charge in [-0.2, -0.15) is 0 Å². The summed E-state index contributed by atoms with van der Waals surface area (Å²) in [5.74, 6) is -0.859. The Balaban J connectivity index is 4.06. The first-order chi connectivity index (χ1) is 38.0. The maximum atomic E-state index is 12.9. The van der Waals surface area contributed by atoms with Crippen molar-refractivity contribution in [2.45, 2.75) is 399 Å². The molecule has 0 aromatic carbocycles. The van der Waals surface area contributed by atoms with E-state index in [2.05, 4.69) is 45.1 Å². The Kier molecular flexibility index (Phi) is 64.6. The maximum Gasteiger partial charge on any atom is 0.306 e. The number of carbonyl (C=O) groups is 3. The zero-order valence-corrected chi connectivity index (χ0v) is 52.3. The van der Waals surface area contributed by atoms with E-state index < -0.39 is 6.10 Å². The summed E-state index contributed by atoms with van der Waals surface area (Å²) in [5.41, 5.74) is 0. The molecule has 0 saturated heterocycles. The molecule has 0 spiro atoms. The van der Waals surface area contributed by atoms with Gasteiger partial charge in [0.1, 0.15) is 13.2 Å². The van der Waals surface area contributed by atoms with Crippen LogP contribution in [0.3, 0.4) is 0 Å². The van der Waals surface area contributed by atoms with Crippen LogP contribution in [0, 0.1) is 0 Å². The number of hydrogen-bond acceptors (Lipinski definition) is 6. The molecule has 0 aliphatic heterocycles. The fourth-order valence-corrected chi connectivity index (χ4v) is 10.7. The Labute approximate surface area is 481 Å². The molecule has 0 heterocycles. The van der Waals surface area contributed by atoms with Crippen LogP contribution in [0.4, 0.5) is 0 Å². The third-order valence-corrected chi connectivity index (χ3v) is 16.0. The molecule has 0 fully saturated rings. The van der Waals surface area contributed by atoms with Gasteiger partial charge in [0, 0.05) is 19.3 Å². The average Bonchev–Trinajstić information content (AvgIpc) is 3.43. The van der Waals surface area contributed by atoms with E-state index in [0.29, 0.717) is 19.3 Å². The van der Waals surface area contributed by atoms with Crippen LogP contribution in [-0.2, 0) is 28.6 Å². The fraction of sp³-hybridized carbons (Fsp3) is 0.901. The van der Waals surface area contributed by atoms with Crippen molar-refractivity contribution in [3.05, 3.63) is 24.3 Å². The molecule has 454 valence electrons.